The van der Waals surface area contributed by atoms with Crippen LogP contribution in [0.25, 0.3) is 32.6 Å². The van der Waals surface area contributed by atoms with E-state index in [9.17, 15) is 9.90 Å². The van der Waals surface area contributed by atoms with Crippen molar-refractivity contribution in [2.75, 3.05) is 0 Å². The number of carboxylic acids is 1. The first-order valence-electron chi connectivity index (χ1n) is 6.69. The zero-order valence-corrected chi connectivity index (χ0v) is 11.1. The van der Waals surface area contributed by atoms with Crippen molar-refractivity contribution in [1.29, 1.82) is 0 Å². The van der Waals surface area contributed by atoms with Gasteiger partial charge in [0.1, 0.15) is 0 Å². The molecule has 0 spiro atoms. The third kappa shape index (κ3) is 1.68. The van der Waals surface area contributed by atoms with Gasteiger partial charge in [0, 0.05) is 16.2 Å². The lowest BCUT2D eigenvalue weighted by Crippen LogP contribution is -2.01. The molecule has 100 valence electrons. The molecule has 0 atom stereocenters. The van der Waals surface area contributed by atoms with Crippen LogP contribution in [0.1, 0.15) is 10.4 Å². The number of para-hydroxylation sites is 1. The van der Waals surface area contributed by atoms with Crippen molar-refractivity contribution in [3.63, 3.8) is 0 Å². The summed E-state index contributed by atoms with van der Waals surface area (Å²) in [7, 11) is 0. The summed E-state index contributed by atoms with van der Waals surface area (Å²) in [5, 5.41) is 13.0. The molecular weight excluding hydrogens is 262 g/mol. The van der Waals surface area contributed by atoms with Crippen LogP contribution in [0.15, 0.2) is 60.7 Å². The lowest BCUT2D eigenvalue weighted by atomic mass is 9.99. The maximum atomic E-state index is 11.7. The molecule has 3 heteroatoms. The normalized spacial score (nSPS) is 11.2. The van der Waals surface area contributed by atoms with E-state index < -0.39 is 5.97 Å². The van der Waals surface area contributed by atoms with Gasteiger partial charge < -0.3 is 5.11 Å². The number of fused-ring (bicyclic) bond motifs is 4. The molecule has 0 radical (unpaired) electrons. The molecule has 3 aromatic carbocycles. The van der Waals surface area contributed by atoms with Gasteiger partial charge in [0.05, 0.1) is 16.6 Å². The van der Waals surface area contributed by atoms with Crippen LogP contribution in [0, 0.1) is 0 Å². The standard InChI is InChI=1S/C18H11NO2/c20-18(21)16-13-7-3-4-8-15(13)19-17-12-6-2-1-5-11(12)9-10-14(16)17/h1-10H,(H,20,21). The highest BCUT2D eigenvalue weighted by Crippen LogP contribution is 2.30. The van der Waals surface area contributed by atoms with Crippen molar-refractivity contribution >= 4 is 38.5 Å². The molecule has 1 aromatic heterocycles. The minimum atomic E-state index is -0.922. The monoisotopic (exact) mass is 273 g/mol. The number of benzene rings is 3. The number of pyridine rings is 1. The van der Waals surface area contributed by atoms with Crippen LogP contribution < -0.4 is 0 Å². The van der Waals surface area contributed by atoms with Crippen molar-refractivity contribution in [3.8, 4) is 0 Å². The Morgan fingerprint density at radius 1 is 0.810 bits per heavy atom. The first-order valence-corrected chi connectivity index (χ1v) is 6.69. The average Bonchev–Trinajstić information content (AvgIpc) is 2.52. The van der Waals surface area contributed by atoms with Gasteiger partial charge in [-0.05, 0) is 11.5 Å². The SMILES string of the molecule is O=C(O)c1c2ccccc2nc2c1ccc1ccccc12. The largest absolute Gasteiger partial charge is 0.478 e. The van der Waals surface area contributed by atoms with E-state index in [1.807, 2.05) is 54.6 Å². The number of rotatable bonds is 1. The predicted octanol–water partition coefficient (Wildman–Crippen LogP) is 4.24. The van der Waals surface area contributed by atoms with Crippen molar-refractivity contribution in [1.82, 2.24) is 4.98 Å². The first kappa shape index (κ1) is 11.9. The molecule has 0 bridgehead atoms. The van der Waals surface area contributed by atoms with E-state index in [0.717, 1.165) is 16.3 Å². The minimum Gasteiger partial charge on any atom is -0.478 e. The zero-order chi connectivity index (χ0) is 14.4. The Bertz CT molecular complexity index is 1020. The number of carbonyl (C=O) groups is 1. The smallest absolute Gasteiger partial charge is 0.337 e. The number of aromatic nitrogens is 1. The molecule has 1 N–H and O–H groups in total. The summed E-state index contributed by atoms with van der Waals surface area (Å²) >= 11 is 0. The van der Waals surface area contributed by atoms with Crippen LogP contribution in [0.2, 0.25) is 0 Å². The molecule has 4 rings (SSSR count). The maximum absolute atomic E-state index is 11.7. The van der Waals surface area contributed by atoms with Crippen molar-refractivity contribution in [3.05, 3.63) is 66.2 Å². The molecule has 0 aliphatic carbocycles. The van der Waals surface area contributed by atoms with Crippen molar-refractivity contribution < 1.29 is 9.90 Å². The summed E-state index contributed by atoms with van der Waals surface area (Å²) in [6.07, 6.45) is 0. The molecule has 0 saturated heterocycles. The first-order chi connectivity index (χ1) is 10.3. The molecule has 4 aromatic rings. The van der Waals surface area contributed by atoms with Gasteiger partial charge in [0.2, 0.25) is 0 Å². The molecule has 1 heterocycles. The molecule has 0 amide bonds. The average molecular weight is 273 g/mol. The van der Waals surface area contributed by atoms with Gasteiger partial charge in [0.25, 0.3) is 0 Å². The Labute approximate surface area is 120 Å². The molecule has 21 heavy (non-hydrogen) atoms. The number of nitrogens with zero attached hydrogens (tertiary/aromatic N) is 1. The molecule has 0 saturated carbocycles. The van der Waals surface area contributed by atoms with Gasteiger partial charge in [-0.3, -0.25) is 0 Å². The molecule has 3 nitrogen and oxygen atoms in total. The molecule has 0 aliphatic heterocycles. The second kappa shape index (κ2) is 4.28. The number of aromatic carboxylic acids is 1. The Balaban J connectivity index is 2.33. The zero-order valence-electron chi connectivity index (χ0n) is 11.1. The van der Waals surface area contributed by atoms with E-state index in [1.54, 1.807) is 6.07 Å². The van der Waals surface area contributed by atoms with E-state index in [0.29, 0.717) is 21.9 Å². The third-order valence-corrected chi connectivity index (χ3v) is 3.79. The summed E-state index contributed by atoms with van der Waals surface area (Å²) in [6, 6.07) is 19.1. The third-order valence-electron chi connectivity index (χ3n) is 3.79. The van der Waals surface area contributed by atoms with Gasteiger partial charge >= 0.3 is 5.97 Å². The van der Waals surface area contributed by atoms with Gasteiger partial charge in [-0.25, -0.2) is 9.78 Å². The lowest BCUT2D eigenvalue weighted by Gasteiger charge is -2.09. The van der Waals surface area contributed by atoms with E-state index in [1.165, 1.54) is 0 Å². The number of hydrogen-bond donors (Lipinski definition) is 1. The highest BCUT2D eigenvalue weighted by Gasteiger charge is 2.16. The summed E-state index contributed by atoms with van der Waals surface area (Å²) < 4.78 is 0. The van der Waals surface area contributed by atoms with Gasteiger partial charge in [-0.1, -0.05) is 54.6 Å². The van der Waals surface area contributed by atoms with E-state index in [-0.39, 0.29) is 0 Å². The van der Waals surface area contributed by atoms with Crippen LogP contribution in [0.3, 0.4) is 0 Å². The summed E-state index contributed by atoms with van der Waals surface area (Å²) in [4.78, 5) is 16.4. The minimum absolute atomic E-state index is 0.321. The fourth-order valence-corrected chi connectivity index (χ4v) is 2.86. The van der Waals surface area contributed by atoms with Crippen molar-refractivity contribution in [2.45, 2.75) is 0 Å². The summed E-state index contributed by atoms with van der Waals surface area (Å²) in [5.74, 6) is -0.922. The molecular formula is C18H11NO2. The molecule has 0 aliphatic rings. The lowest BCUT2D eigenvalue weighted by molar-refractivity contribution is 0.0701. The Morgan fingerprint density at radius 2 is 1.52 bits per heavy atom. The maximum Gasteiger partial charge on any atom is 0.337 e. The van der Waals surface area contributed by atoms with Crippen LogP contribution in [-0.2, 0) is 0 Å². The number of carboxylic acid groups (broad SMARTS) is 1. The van der Waals surface area contributed by atoms with Gasteiger partial charge in [-0.15, -0.1) is 0 Å². The Hall–Kier alpha value is -2.94. The van der Waals surface area contributed by atoms with Crippen LogP contribution in [0.4, 0.5) is 0 Å². The molecule has 0 fully saturated rings. The summed E-state index contributed by atoms with van der Waals surface area (Å²) in [6.45, 7) is 0. The number of hydrogen-bond acceptors (Lipinski definition) is 2. The van der Waals surface area contributed by atoms with Crippen LogP contribution >= 0.6 is 0 Å². The highest BCUT2D eigenvalue weighted by atomic mass is 16.4. The van der Waals surface area contributed by atoms with E-state index >= 15 is 0 Å². The second-order valence-electron chi connectivity index (χ2n) is 4.99. The fraction of sp³-hybridized carbons (Fsp3) is 0. The topological polar surface area (TPSA) is 50.2 Å². The van der Waals surface area contributed by atoms with E-state index in [2.05, 4.69) is 4.98 Å². The summed E-state index contributed by atoms with van der Waals surface area (Å²) in [5.41, 5.74) is 1.77. The predicted molar refractivity (Wildman–Crippen MR) is 83.7 cm³/mol. The van der Waals surface area contributed by atoms with E-state index in [4.69, 9.17) is 0 Å². The fourth-order valence-electron chi connectivity index (χ4n) is 2.86. The molecule has 0 unspecified atom stereocenters. The van der Waals surface area contributed by atoms with Crippen molar-refractivity contribution in [2.24, 2.45) is 0 Å². The highest BCUT2D eigenvalue weighted by molar-refractivity contribution is 6.18. The Kier molecular flexibility index (Phi) is 2.42. The quantitative estimate of drug-likeness (QED) is 0.417. The van der Waals surface area contributed by atoms with Gasteiger partial charge in [-0.2, -0.15) is 0 Å². The van der Waals surface area contributed by atoms with Crippen LogP contribution in [0.5, 0.6) is 0 Å². The second-order valence-corrected chi connectivity index (χ2v) is 4.99. The van der Waals surface area contributed by atoms with Crippen LogP contribution in [-0.4, -0.2) is 16.1 Å². The van der Waals surface area contributed by atoms with Gasteiger partial charge in [0.15, 0.2) is 0 Å². The Morgan fingerprint density at radius 3 is 2.33 bits per heavy atom.